The Kier molecular flexibility index (Phi) is 4.33. The summed E-state index contributed by atoms with van der Waals surface area (Å²) in [7, 11) is 0. The molecule has 0 spiro atoms. The first-order chi connectivity index (χ1) is 9.24. The third kappa shape index (κ3) is 3.43. The first kappa shape index (κ1) is 13.7. The molecule has 104 valence electrons. The van der Waals surface area contributed by atoms with Crippen LogP contribution in [0.3, 0.4) is 0 Å². The minimum atomic E-state index is 0.465. The molecule has 1 aliphatic carbocycles. The highest BCUT2D eigenvalue weighted by Gasteiger charge is 2.32. The van der Waals surface area contributed by atoms with E-state index in [-0.39, 0.29) is 0 Å². The Morgan fingerprint density at radius 1 is 1.16 bits per heavy atom. The number of nitrogens with one attached hydrogen (secondary N) is 1. The van der Waals surface area contributed by atoms with Gasteiger partial charge in [-0.1, -0.05) is 29.3 Å². The van der Waals surface area contributed by atoms with E-state index in [1.807, 2.05) is 18.2 Å². The lowest BCUT2D eigenvalue weighted by Crippen LogP contribution is -2.44. The molecule has 3 rings (SSSR count). The topological polar surface area (TPSA) is 21.3 Å². The molecule has 2 fully saturated rings. The molecule has 1 N–H and O–H groups in total. The van der Waals surface area contributed by atoms with Crippen LogP contribution in [0.5, 0.6) is 0 Å². The second-order valence-corrected chi connectivity index (χ2v) is 6.39. The monoisotopic (exact) mass is 299 g/mol. The van der Waals surface area contributed by atoms with Crippen LogP contribution < -0.4 is 5.32 Å². The van der Waals surface area contributed by atoms with Crippen molar-refractivity contribution in [3.63, 3.8) is 0 Å². The summed E-state index contributed by atoms with van der Waals surface area (Å²) in [5, 5.41) is 5.27. The lowest BCUT2D eigenvalue weighted by molar-refractivity contribution is 0.0316. The molecule has 1 saturated heterocycles. The van der Waals surface area contributed by atoms with Gasteiger partial charge in [0.2, 0.25) is 0 Å². The highest BCUT2D eigenvalue weighted by atomic mass is 35.5. The average molecular weight is 300 g/mol. The van der Waals surface area contributed by atoms with E-state index in [1.54, 1.807) is 0 Å². The Balaban J connectivity index is 1.71. The molecule has 0 bridgehead atoms. The number of benzene rings is 1. The molecule has 1 aromatic rings. The molecule has 2 nitrogen and oxygen atoms in total. The summed E-state index contributed by atoms with van der Waals surface area (Å²) in [6.45, 7) is 1.66. The molecule has 2 atom stereocenters. The summed E-state index contributed by atoms with van der Waals surface area (Å²) in [5.74, 6) is 0.465. The summed E-state index contributed by atoms with van der Waals surface area (Å²) in [4.78, 5) is 0. The lowest BCUT2D eigenvalue weighted by atomic mass is 9.89. The van der Waals surface area contributed by atoms with Crippen molar-refractivity contribution in [2.75, 3.05) is 13.2 Å². The van der Waals surface area contributed by atoms with Gasteiger partial charge in [0, 0.05) is 34.7 Å². The van der Waals surface area contributed by atoms with E-state index in [0.29, 0.717) is 12.0 Å². The summed E-state index contributed by atoms with van der Waals surface area (Å²) in [6, 6.07) is 6.98. The van der Waals surface area contributed by atoms with E-state index < -0.39 is 0 Å². The minimum absolute atomic E-state index is 0.465. The fourth-order valence-electron chi connectivity index (χ4n) is 2.76. The van der Waals surface area contributed by atoms with Crippen LogP contribution in [0.15, 0.2) is 18.2 Å². The Hall–Kier alpha value is -0.280. The number of rotatable bonds is 4. The molecule has 19 heavy (non-hydrogen) atoms. The van der Waals surface area contributed by atoms with Gasteiger partial charge in [-0.05, 0) is 43.4 Å². The number of ether oxygens (including phenoxy) is 1. The van der Waals surface area contributed by atoms with E-state index in [9.17, 15) is 0 Å². The molecule has 0 unspecified atom stereocenters. The van der Waals surface area contributed by atoms with Gasteiger partial charge >= 0.3 is 0 Å². The van der Waals surface area contributed by atoms with Crippen molar-refractivity contribution in [3.8, 4) is 0 Å². The zero-order chi connectivity index (χ0) is 13.2. The number of halogens is 2. The molecule has 0 amide bonds. The van der Waals surface area contributed by atoms with Gasteiger partial charge in [0.05, 0.1) is 6.61 Å². The normalized spacial score (nSPS) is 27.5. The first-order valence-corrected chi connectivity index (χ1v) is 7.76. The van der Waals surface area contributed by atoms with Gasteiger partial charge in [-0.2, -0.15) is 0 Å². The van der Waals surface area contributed by atoms with Crippen LogP contribution in [0.2, 0.25) is 10.0 Å². The van der Waals surface area contributed by atoms with Crippen LogP contribution in [0.4, 0.5) is 0 Å². The standard InChI is InChI=1S/C15H19Cl2NO/c16-13-2-1-3-14(17)12(13)8-10-9-19-7-6-15(10)18-11-4-5-11/h1-3,10-11,15,18H,4-9H2/t10-,15-/m0/s1. The summed E-state index contributed by atoms with van der Waals surface area (Å²) < 4.78 is 5.64. The van der Waals surface area contributed by atoms with Gasteiger partial charge in [-0.25, -0.2) is 0 Å². The predicted octanol–water partition coefficient (Wildman–Crippen LogP) is 3.69. The smallest absolute Gasteiger partial charge is 0.0512 e. The van der Waals surface area contributed by atoms with Crippen molar-refractivity contribution in [2.24, 2.45) is 5.92 Å². The van der Waals surface area contributed by atoms with Gasteiger partial charge in [0.15, 0.2) is 0 Å². The Morgan fingerprint density at radius 3 is 2.58 bits per heavy atom. The van der Waals surface area contributed by atoms with Crippen molar-refractivity contribution < 1.29 is 4.74 Å². The molecule has 1 aromatic carbocycles. The van der Waals surface area contributed by atoms with Crippen molar-refractivity contribution in [3.05, 3.63) is 33.8 Å². The third-order valence-electron chi connectivity index (χ3n) is 4.03. The molecule has 0 radical (unpaired) electrons. The molecule has 4 heteroatoms. The number of hydrogen-bond acceptors (Lipinski definition) is 2. The number of hydrogen-bond donors (Lipinski definition) is 1. The highest BCUT2D eigenvalue weighted by Crippen LogP contribution is 2.31. The van der Waals surface area contributed by atoms with Crippen LogP contribution in [0, 0.1) is 5.92 Å². The van der Waals surface area contributed by atoms with Gasteiger partial charge < -0.3 is 10.1 Å². The Labute approximate surface area is 124 Å². The van der Waals surface area contributed by atoms with Crippen molar-refractivity contribution >= 4 is 23.2 Å². The SMILES string of the molecule is Clc1cccc(Cl)c1C[C@H]1COCC[C@@H]1NC1CC1. The van der Waals surface area contributed by atoms with Crippen LogP contribution in [-0.4, -0.2) is 25.3 Å². The van der Waals surface area contributed by atoms with E-state index in [1.165, 1.54) is 12.8 Å². The maximum Gasteiger partial charge on any atom is 0.0512 e. The van der Waals surface area contributed by atoms with Crippen LogP contribution in [0.25, 0.3) is 0 Å². The van der Waals surface area contributed by atoms with Gasteiger partial charge in [-0.15, -0.1) is 0 Å². The zero-order valence-electron chi connectivity index (χ0n) is 10.9. The Bertz CT molecular complexity index is 428. The molecule has 1 saturated carbocycles. The maximum absolute atomic E-state index is 6.27. The van der Waals surface area contributed by atoms with Crippen molar-refractivity contribution in [2.45, 2.75) is 37.8 Å². The molecule has 0 aromatic heterocycles. The van der Waals surface area contributed by atoms with E-state index in [4.69, 9.17) is 27.9 Å². The van der Waals surface area contributed by atoms with Gasteiger partial charge in [0.25, 0.3) is 0 Å². The van der Waals surface area contributed by atoms with Gasteiger partial charge in [0.1, 0.15) is 0 Å². The minimum Gasteiger partial charge on any atom is -0.381 e. The van der Waals surface area contributed by atoms with E-state index in [2.05, 4.69) is 5.32 Å². The van der Waals surface area contributed by atoms with E-state index >= 15 is 0 Å². The second-order valence-electron chi connectivity index (χ2n) is 5.58. The summed E-state index contributed by atoms with van der Waals surface area (Å²) >= 11 is 12.5. The largest absolute Gasteiger partial charge is 0.381 e. The predicted molar refractivity (Wildman–Crippen MR) is 79.0 cm³/mol. The molecular weight excluding hydrogens is 281 g/mol. The van der Waals surface area contributed by atoms with E-state index in [0.717, 1.165) is 47.7 Å². The Morgan fingerprint density at radius 2 is 1.89 bits per heavy atom. The van der Waals surface area contributed by atoms with Crippen LogP contribution in [0.1, 0.15) is 24.8 Å². The van der Waals surface area contributed by atoms with Crippen LogP contribution in [-0.2, 0) is 11.2 Å². The lowest BCUT2D eigenvalue weighted by Gasteiger charge is -2.33. The molecule has 1 heterocycles. The fourth-order valence-corrected chi connectivity index (χ4v) is 3.31. The highest BCUT2D eigenvalue weighted by molar-refractivity contribution is 6.35. The second kappa shape index (κ2) is 6.01. The average Bonchev–Trinajstić information content (AvgIpc) is 3.20. The van der Waals surface area contributed by atoms with Crippen LogP contribution >= 0.6 is 23.2 Å². The first-order valence-electron chi connectivity index (χ1n) is 7.00. The molecule has 2 aliphatic rings. The van der Waals surface area contributed by atoms with Crippen molar-refractivity contribution in [1.29, 1.82) is 0 Å². The molecule has 1 aliphatic heterocycles. The summed E-state index contributed by atoms with van der Waals surface area (Å²) in [5.41, 5.74) is 1.06. The fraction of sp³-hybridized carbons (Fsp3) is 0.600. The van der Waals surface area contributed by atoms with Crippen molar-refractivity contribution in [1.82, 2.24) is 5.32 Å². The maximum atomic E-state index is 6.27. The zero-order valence-corrected chi connectivity index (χ0v) is 12.4. The van der Waals surface area contributed by atoms with Gasteiger partial charge in [-0.3, -0.25) is 0 Å². The molecular formula is C15H19Cl2NO. The third-order valence-corrected chi connectivity index (χ3v) is 4.74. The summed E-state index contributed by atoms with van der Waals surface area (Å²) in [6.07, 6.45) is 4.61. The quantitative estimate of drug-likeness (QED) is 0.915.